The van der Waals surface area contributed by atoms with E-state index >= 15 is 0 Å². The molecule has 1 aromatic heterocycles. The number of pyridine rings is 1. The van der Waals surface area contributed by atoms with Crippen molar-refractivity contribution in [3.05, 3.63) is 45.3 Å². The number of unbranched alkanes of at least 4 members (excludes halogenated alkanes) is 6. The molecule has 220 valence electrons. The van der Waals surface area contributed by atoms with Crippen LogP contribution in [0.5, 0.6) is 0 Å². The van der Waals surface area contributed by atoms with Crippen molar-refractivity contribution >= 4 is 42.8 Å². The van der Waals surface area contributed by atoms with Crippen LogP contribution in [0.25, 0.3) is 6.08 Å². The second-order valence-electron chi connectivity index (χ2n) is 12.2. The minimum atomic E-state index is -2.45. The molecule has 0 spiro atoms. The molecule has 0 aliphatic rings. The maximum atomic E-state index is 4.72. The number of hydrogen-bond acceptors (Lipinski definition) is 1. The Morgan fingerprint density at radius 3 is 1.64 bits per heavy atom. The maximum absolute atomic E-state index is 4.72. The number of hydrogen-bond donors (Lipinski definition) is 0. The van der Waals surface area contributed by atoms with Crippen LogP contribution in [0.2, 0.25) is 26.6 Å². The zero-order valence-electron chi connectivity index (χ0n) is 27.1. The topological polar surface area (TPSA) is 12.9 Å². The fourth-order valence-electron chi connectivity index (χ4n) is 5.72. The van der Waals surface area contributed by atoms with Crippen LogP contribution in [0.15, 0.2) is 34.1 Å². The molecular formula is C36H63NSn2. The van der Waals surface area contributed by atoms with Crippen molar-refractivity contribution in [3.63, 3.8) is 0 Å². The van der Waals surface area contributed by atoms with Gasteiger partial charge in [0, 0.05) is 0 Å². The van der Waals surface area contributed by atoms with Gasteiger partial charge in [0.1, 0.15) is 0 Å². The Labute approximate surface area is 253 Å². The summed E-state index contributed by atoms with van der Waals surface area (Å²) in [4.78, 5) is 4.72. The van der Waals surface area contributed by atoms with Gasteiger partial charge in [-0.05, 0) is 0 Å². The van der Waals surface area contributed by atoms with Crippen LogP contribution in [0.4, 0.5) is 0 Å². The van der Waals surface area contributed by atoms with Crippen LogP contribution in [-0.2, 0) is 0 Å². The first kappa shape index (κ1) is 36.8. The van der Waals surface area contributed by atoms with Gasteiger partial charge in [0.2, 0.25) is 0 Å². The second-order valence-corrected chi connectivity index (χ2v) is 37.5. The molecule has 0 saturated carbocycles. The molecule has 1 aromatic rings. The van der Waals surface area contributed by atoms with E-state index in [0.717, 1.165) is 5.69 Å². The van der Waals surface area contributed by atoms with Crippen LogP contribution in [0, 0.1) is 9.86 Å². The van der Waals surface area contributed by atoms with E-state index in [1.165, 1.54) is 115 Å². The molecule has 39 heavy (non-hydrogen) atoms. The van der Waals surface area contributed by atoms with Crippen molar-refractivity contribution in [2.75, 3.05) is 0 Å². The van der Waals surface area contributed by atoms with Gasteiger partial charge in [0.15, 0.2) is 0 Å². The van der Waals surface area contributed by atoms with Crippen molar-refractivity contribution in [2.24, 2.45) is 0 Å². The van der Waals surface area contributed by atoms with E-state index < -0.39 is 36.8 Å². The standard InChI is InChI=1S/C12H9N.6C4H9.2Sn/c1-4-10(3)8-12-9-11(5-2)6-7-13-12;6*1-3-4-2;;/h1,4,6-9H,3H3;6*1,3-4H2,2H3;;/b4-1?,10-8+;;;;;;;;. The van der Waals surface area contributed by atoms with Gasteiger partial charge >= 0.3 is 255 Å². The van der Waals surface area contributed by atoms with Gasteiger partial charge in [0.25, 0.3) is 0 Å². The van der Waals surface area contributed by atoms with Gasteiger partial charge in [0.05, 0.1) is 0 Å². The van der Waals surface area contributed by atoms with E-state index in [4.69, 9.17) is 4.98 Å². The third-order valence-corrected chi connectivity index (χ3v) is 35.6. The van der Waals surface area contributed by atoms with Crippen molar-refractivity contribution in [1.82, 2.24) is 4.98 Å². The van der Waals surface area contributed by atoms with Gasteiger partial charge in [-0.3, -0.25) is 0 Å². The van der Waals surface area contributed by atoms with Crippen molar-refractivity contribution in [3.8, 4) is 9.86 Å². The van der Waals surface area contributed by atoms with E-state index in [0.29, 0.717) is 0 Å². The first-order chi connectivity index (χ1) is 18.9. The normalized spacial score (nSPS) is 12.6. The third-order valence-electron chi connectivity index (χ3n) is 8.44. The molecule has 0 aliphatic heterocycles. The number of nitrogens with zero attached hydrogens (tertiary/aromatic N) is 1. The zero-order chi connectivity index (χ0) is 28.8. The monoisotopic (exact) mass is 749 g/mol. The molecule has 0 N–H and O–H groups in total. The van der Waals surface area contributed by atoms with E-state index in [-0.39, 0.29) is 0 Å². The van der Waals surface area contributed by atoms with Crippen LogP contribution >= 0.6 is 0 Å². The van der Waals surface area contributed by atoms with E-state index in [1.54, 1.807) is 0 Å². The predicted molar refractivity (Wildman–Crippen MR) is 184 cm³/mol. The van der Waals surface area contributed by atoms with E-state index in [1.807, 2.05) is 6.20 Å². The molecule has 0 radical (unpaired) electrons. The average Bonchev–Trinajstić information content (AvgIpc) is 2.96. The molecule has 0 saturated heterocycles. The summed E-state index contributed by atoms with van der Waals surface area (Å²) < 4.78 is 15.7. The van der Waals surface area contributed by atoms with Gasteiger partial charge in [-0.1, -0.05) is 0 Å². The van der Waals surface area contributed by atoms with Crippen molar-refractivity contribution in [2.45, 2.75) is 152 Å². The van der Waals surface area contributed by atoms with Crippen LogP contribution in [-0.4, -0.2) is 41.7 Å². The first-order valence-electron chi connectivity index (χ1n) is 16.8. The summed E-state index contributed by atoms with van der Waals surface area (Å²) in [7, 11) is 0. The Hall–Kier alpha value is -0.213. The van der Waals surface area contributed by atoms with Crippen molar-refractivity contribution in [1.29, 1.82) is 0 Å². The van der Waals surface area contributed by atoms with Crippen molar-refractivity contribution < 1.29 is 0 Å². The molecule has 0 atom stereocenters. The fourth-order valence-corrected chi connectivity index (χ4v) is 33.3. The summed E-state index contributed by atoms with van der Waals surface area (Å²) in [6.45, 7) is 16.4. The summed E-state index contributed by atoms with van der Waals surface area (Å²) in [6.07, 6.45) is 23.0. The summed E-state index contributed by atoms with van der Waals surface area (Å²) in [6, 6.07) is 4.37. The first-order valence-corrected chi connectivity index (χ1v) is 32.0. The molecule has 0 aliphatic carbocycles. The summed E-state index contributed by atoms with van der Waals surface area (Å²) in [5.41, 5.74) is 3.58. The number of allylic oxidation sites excluding steroid dienone is 2. The fraction of sp³-hybridized carbons (Fsp3) is 0.694. The Morgan fingerprint density at radius 2 is 1.18 bits per heavy atom. The number of rotatable bonds is 21. The molecule has 3 heteroatoms. The zero-order valence-corrected chi connectivity index (χ0v) is 32.8. The van der Waals surface area contributed by atoms with E-state index in [9.17, 15) is 0 Å². The van der Waals surface area contributed by atoms with Crippen LogP contribution in [0.1, 0.15) is 137 Å². The molecule has 1 heterocycles. The second kappa shape index (κ2) is 22.4. The molecule has 0 amide bonds. The van der Waals surface area contributed by atoms with E-state index in [2.05, 4.69) is 86.7 Å². The van der Waals surface area contributed by atoms with Gasteiger partial charge < -0.3 is 0 Å². The average molecular weight is 747 g/mol. The summed E-state index contributed by atoms with van der Waals surface area (Å²) in [5, 5.41) is 0. The summed E-state index contributed by atoms with van der Waals surface area (Å²) in [5.74, 6) is 3.72. The Bertz CT molecular complexity index is 845. The molecule has 0 aromatic carbocycles. The minimum absolute atomic E-state index is 1.07. The third kappa shape index (κ3) is 15.6. The molecule has 1 rings (SSSR count). The Balaban J connectivity index is 3.22. The quantitative estimate of drug-likeness (QED) is 0.0693. The molecule has 0 fully saturated rings. The van der Waals surface area contributed by atoms with Gasteiger partial charge in [-0.15, -0.1) is 0 Å². The van der Waals surface area contributed by atoms with Crippen LogP contribution in [0.3, 0.4) is 0 Å². The molecule has 1 nitrogen and oxygen atoms in total. The number of aromatic nitrogens is 1. The van der Waals surface area contributed by atoms with Gasteiger partial charge in [-0.2, -0.15) is 0 Å². The molecular weight excluding hydrogens is 684 g/mol. The Kier molecular flexibility index (Phi) is 21.1. The predicted octanol–water partition coefficient (Wildman–Crippen LogP) is 12.2. The SMILES string of the molecule is CCC[CH2][Sn]([C]#Cc1ccnc(/C=C(C)/C=[CH]/[Sn]([CH2]CCC)([CH2]CCC)[CH2]CCC)c1)([CH2]CCC)[CH2]CCC. The molecule has 0 bridgehead atoms. The Morgan fingerprint density at radius 1 is 0.718 bits per heavy atom. The molecule has 0 unspecified atom stereocenters. The summed E-state index contributed by atoms with van der Waals surface area (Å²) >= 11 is -4.70. The van der Waals surface area contributed by atoms with Gasteiger partial charge in [-0.25, -0.2) is 0 Å². The van der Waals surface area contributed by atoms with Crippen LogP contribution < -0.4 is 0 Å².